The Kier molecular flexibility index (Phi) is 8.91. The molecule has 0 spiro atoms. The molecule has 1 aromatic rings. The fraction of sp³-hybridized carbons (Fsp3) is 0.588. The van der Waals surface area contributed by atoms with Crippen LogP contribution in [-0.2, 0) is 11.2 Å². The van der Waals surface area contributed by atoms with Crippen LogP contribution in [0.1, 0.15) is 51.5 Å². The number of aryl methyl sites for hydroxylation is 1. The first-order valence-electron chi connectivity index (χ1n) is 7.74. The first-order chi connectivity index (χ1) is 10.2. The highest BCUT2D eigenvalue weighted by atomic mass is 35.5. The highest BCUT2D eigenvalue weighted by molar-refractivity contribution is 6.63. The molecule has 0 aliphatic rings. The maximum absolute atomic E-state index is 10.9. The lowest BCUT2D eigenvalue weighted by Gasteiger charge is -2.14. The van der Waals surface area contributed by atoms with Crippen molar-refractivity contribution in [2.24, 2.45) is 0 Å². The average Bonchev–Trinajstić information content (AvgIpc) is 2.47. The molecule has 0 saturated carbocycles. The molecule has 0 amide bonds. The van der Waals surface area contributed by atoms with E-state index in [1.807, 2.05) is 18.2 Å². The van der Waals surface area contributed by atoms with Gasteiger partial charge in [-0.05, 0) is 48.6 Å². The van der Waals surface area contributed by atoms with Gasteiger partial charge in [0.1, 0.15) is 0 Å². The summed E-state index contributed by atoms with van der Waals surface area (Å²) in [5, 5.41) is -0.313. The third-order valence-electron chi connectivity index (χ3n) is 3.13. The Morgan fingerprint density at radius 1 is 1.05 bits per heavy atom. The van der Waals surface area contributed by atoms with Crippen LogP contribution in [-0.4, -0.2) is 18.5 Å². The molecule has 0 heterocycles. The van der Waals surface area contributed by atoms with E-state index in [1.165, 1.54) is 0 Å². The van der Waals surface area contributed by atoms with Crippen LogP contribution in [0, 0.1) is 0 Å². The molecule has 0 atom stereocenters. The smallest absolute Gasteiger partial charge is 0.221 e. The van der Waals surface area contributed by atoms with E-state index in [1.54, 1.807) is 0 Å². The van der Waals surface area contributed by atoms with Crippen molar-refractivity contribution in [2.45, 2.75) is 52.4 Å². The first-order valence-corrected chi connectivity index (χ1v) is 8.12. The Bertz CT molecular complexity index is 432. The van der Waals surface area contributed by atoms with Crippen LogP contribution >= 0.6 is 11.6 Å². The summed E-state index contributed by atoms with van der Waals surface area (Å²) in [7, 11) is 0. The number of hydrogen-bond acceptors (Lipinski definition) is 3. The van der Waals surface area contributed by atoms with Crippen LogP contribution in [0.2, 0.25) is 0 Å². The lowest BCUT2D eigenvalue weighted by Crippen LogP contribution is -2.03. The SMILES string of the molecule is CCCCOc1ccc(CCC(=O)Cl)cc1OCCCC. The van der Waals surface area contributed by atoms with Gasteiger partial charge < -0.3 is 9.47 Å². The van der Waals surface area contributed by atoms with E-state index in [-0.39, 0.29) is 5.24 Å². The largest absolute Gasteiger partial charge is 0.490 e. The van der Waals surface area contributed by atoms with Crippen molar-refractivity contribution in [1.82, 2.24) is 0 Å². The predicted molar refractivity (Wildman–Crippen MR) is 86.4 cm³/mol. The normalized spacial score (nSPS) is 10.4. The van der Waals surface area contributed by atoms with Crippen molar-refractivity contribution in [2.75, 3.05) is 13.2 Å². The minimum atomic E-state index is -0.313. The second kappa shape index (κ2) is 10.5. The van der Waals surface area contributed by atoms with Crippen molar-refractivity contribution < 1.29 is 14.3 Å². The highest BCUT2D eigenvalue weighted by Crippen LogP contribution is 2.29. The van der Waals surface area contributed by atoms with Crippen molar-refractivity contribution in [3.63, 3.8) is 0 Å². The third-order valence-corrected chi connectivity index (χ3v) is 3.32. The summed E-state index contributed by atoms with van der Waals surface area (Å²) in [6, 6.07) is 5.84. The maximum atomic E-state index is 10.9. The summed E-state index contributed by atoms with van der Waals surface area (Å²) in [5.41, 5.74) is 1.04. The van der Waals surface area contributed by atoms with Crippen molar-refractivity contribution >= 4 is 16.8 Å². The molecular weight excluding hydrogens is 288 g/mol. The molecule has 0 aromatic heterocycles. The Hall–Kier alpha value is -1.22. The van der Waals surface area contributed by atoms with E-state index in [0.717, 1.165) is 42.7 Å². The number of halogens is 1. The van der Waals surface area contributed by atoms with Crippen LogP contribution in [0.5, 0.6) is 11.5 Å². The van der Waals surface area contributed by atoms with Crippen LogP contribution in [0.25, 0.3) is 0 Å². The molecule has 0 unspecified atom stereocenters. The number of rotatable bonds is 11. The molecule has 3 nitrogen and oxygen atoms in total. The van der Waals surface area contributed by atoms with Crippen LogP contribution in [0.15, 0.2) is 18.2 Å². The molecule has 0 aliphatic carbocycles. The van der Waals surface area contributed by atoms with Gasteiger partial charge in [0.05, 0.1) is 13.2 Å². The number of carbonyl (C=O) groups excluding carboxylic acids is 1. The van der Waals surface area contributed by atoms with Gasteiger partial charge in [-0.25, -0.2) is 0 Å². The fourth-order valence-electron chi connectivity index (χ4n) is 1.84. The molecule has 1 aromatic carbocycles. The molecule has 0 aliphatic heterocycles. The zero-order valence-electron chi connectivity index (χ0n) is 13.0. The number of unbranched alkanes of at least 4 members (excludes halogenated alkanes) is 2. The average molecular weight is 313 g/mol. The molecule has 118 valence electrons. The second-order valence-electron chi connectivity index (χ2n) is 5.04. The van der Waals surface area contributed by atoms with E-state index >= 15 is 0 Å². The van der Waals surface area contributed by atoms with Gasteiger partial charge in [0, 0.05) is 6.42 Å². The van der Waals surface area contributed by atoms with E-state index in [2.05, 4.69) is 13.8 Å². The molecule has 0 saturated heterocycles. The van der Waals surface area contributed by atoms with E-state index in [4.69, 9.17) is 21.1 Å². The molecule has 0 bridgehead atoms. The molecular formula is C17H25ClO3. The summed E-state index contributed by atoms with van der Waals surface area (Å²) in [6.45, 7) is 5.64. The van der Waals surface area contributed by atoms with Crippen molar-refractivity contribution in [1.29, 1.82) is 0 Å². The van der Waals surface area contributed by atoms with E-state index < -0.39 is 0 Å². The molecule has 4 heteroatoms. The Labute approximate surface area is 132 Å². The summed E-state index contributed by atoms with van der Waals surface area (Å²) in [4.78, 5) is 10.9. The van der Waals surface area contributed by atoms with Gasteiger partial charge in [0.15, 0.2) is 11.5 Å². The van der Waals surface area contributed by atoms with E-state index in [9.17, 15) is 4.79 Å². The number of carbonyl (C=O) groups is 1. The van der Waals surface area contributed by atoms with Crippen LogP contribution in [0.4, 0.5) is 0 Å². The predicted octanol–water partition coefficient (Wildman–Crippen LogP) is 4.74. The minimum Gasteiger partial charge on any atom is -0.490 e. The molecule has 0 fully saturated rings. The summed E-state index contributed by atoms with van der Waals surface area (Å²) < 4.78 is 11.6. The van der Waals surface area contributed by atoms with Gasteiger partial charge in [0.25, 0.3) is 0 Å². The second-order valence-corrected chi connectivity index (χ2v) is 5.46. The highest BCUT2D eigenvalue weighted by Gasteiger charge is 2.08. The number of ether oxygens (including phenoxy) is 2. The zero-order valence-corrected chi connectivity index (χ0v) is 13.7. The van der Waals surface area contributed by atoms with Gasteiger partial charge in [0.2, 0.25) is 5.24 Å². The number of hydrogen-bond donors (Lipinski definition) is 0. The fourth-order valence-corrected chi connectivity index (χ4v) is 1.93. The topological polar surface area (TPSA) is 35.5 Å². The summed E-state index contributed by atoms with van der Waals surface area (Å²) in [6.07, 6.45) is 5.19. The van der Waals surface area contributed by atoms with Gasteiger partial charge in [-0.2, -0.15) is 0 Å². The lowest BCUT2D eigenvalue weighted by atomic mass is 10.1. The Morgan fingerprint density at radius 3 is 2.24 bits per heavy atom. The van der Waals surface area contributed by atoms with Gasteiger partial charge >= 0.3 is 0 Å². The summed E-state index contributed by atoms with van der Waals surface area (Å²) >= 11 is 5.39. The molecule has 0 N–H and O–H groups in total. The van der Waals surface area contributed by atoms with Gasteiger partial charge in [-0.3, -0.25) is 4.79 Å². The van der Waals surface area contributed by atoms with Crippen molar-refractivity contribution in [3.8, 4) is 11.5 Å². The minimum absolute atomic E-state index is 0.313. The quantitative estimate of drug-likeness (QED) is 0.437. The zero-order chi connectivity index (χ0) is 15.5. The van der Waals surface area contributed by atoms with Crippen molar-refractivity contribution in [3.05, 3.63) is 23.8 Å². The molecule has 0 radical (unpaired) electrons. The van der Waals surface area contributed by atoms with Crippen LogP contribution in [0.3, 0.4) is 0 Å². The maximum Gasteiger partial charge on any atom is 0.221 e. The lowest BCUT2D eigenvalue weighted by molar-refractivity contribution is -0.111. The molecule has 21 heavy (non-hydrogen) atoms. The monoisotopic (exact) mass is 312 g/mol. The van der Waals surface area contributed by atoms with Crippen LogP contribution < -0.4 is 9.47 Å². The summed E-state index contributed by atoms with van der Waals surface area (Å²) in [5.74, 6) is 1.54. The first kappa shape index (κ1) is 17.8. The van der Waals surface area contributed by atoms with E-state index in [0.29, 0.717) is 26.1 Å². The number of benzene rings is 1. The molecule has 1 rings (SSSR count). The third kappa shape index (κ3) is 7.37. The van der Waals surface area contributed by atoms with Gasteiger partial charge in [-0.15, -0.1) is 0 Å². The Balaban J connectivity index is 2.72. The Morgan fingerprint density at radius 2 is 1.67 bits per heavy atom. The standard InChI is InChI=1S/C17H25ClO3/c1-3-5-11-20-15-9-7-14(8-10-17(18)19)13-16(15)21-12-6-4-2/h7,9,13H,3-6,8,10-12H2,1-2H3. The van der Waals surface area contributed by atoms with Gasteiger partial charge in [-0.1, -0.05) is 32.8 Å².